The normalized spacial score (nSPS) is 22.4. The predicted molar refractivity (Wildman–Crippen MR) is 94.4 cm³/mol. The first-order valence-electron chi connectivity index (χ1n) is 8.86. The average molecular weight is 377 g/mol. The van der Waals surface area contributed by atoms with Crippen LogP contribution in [-0.4, -0.2) is 37.8 Å². The van der Waals surface area contributed by atoms with Gasteiger partial charge >= 0.3 is 5.97 Å². The van der Waals surface area contributed by atoms with Gasteiger partial charge in [-0.05, 0) is 37.5 Å². The Morgan fingerprint density at radius 3 is 2.70 bits per heavy atom. The van der Waals surface area contributed by atoms with Crippen LogP contribution in [0, 0.1) is 17.6 Å². The van der Waals surface area contributed by atoms with Gasteiger partial charge in [-0.3, -0.25) is 14.6 Å². The maximum atomic E-state index is 13.9. The standard InChI is InChI=1S/C20H21F2NO4/c1-11-17(20(25)27-9-8-26-2)18(12-6-7-13(21)14(22)10-12)19-15(23-11)4-3-5-16(19)24/h6-7,10,17-18H,3-5,8-9H2,1-2H3/t17?,18-/m1/s1. The van der Waals surface area contributed by atoms with Gasteiger partial charge in [-0.1, -0.05) is 6.07 Å². The summed E-state index contributed by atoms with van der Waals surface area (Å²) in [6.45, 7) is 1.98. The van der Waals surface area contributed by atoms with Crippen molar-refractivity contribution in [2.45, 2.75) is 32.1 Å². The van der Waals surface area contributed by atoms with Crippen molar-refractivity contribution in [1.82, 2.24) is 0 Å². The van der Waals surface area contributed by atoms with Crippen LogP contribution in [-0.2, 0) is 19.1 Å². The fraction of sp³-hybridized carbons (Fsp3) is 0.450. The van der Waals surface area contributed by atoms with Gasteiger partial charge in [-0.15, -0.1) is 0 Å². The predicted octanol–water partition coefficient (Wildman–Crippen LogP) is 3.34. The molecule has 2 aliphatic rings. The van der Waals surface area contributed by atoms with E-state index in [4.69, 9.17) is 9.47 Å². The molecule has 0 saturated heterocycles. The number of methoxy groups -OCH3 is 1. The molecule has 2 atom stereocenters. The quantitative estimate of drug-likeness (QED) is 0.583. The highest BCUT2D eigenvalue weighted by atomic mass is 19.2. The van der Waals surface area contributed by atoms with E-state index in [1.807, 2.05) is 0 Å². The molecule has 144 valence electrons. The van der Waals surface area contributed by atoms with Crippen LogP contribution >= 0.6 is 0 Å². The Morgan fingerprint density at radius 2 is 2.00 bits per heavy atom. The van der Waals surface area contributed by atoms with Gasteiger partial charge < -0.3 is 9.47 Å². The van der Waals surface area contributed by atoms with Crippen LogP contribution in [0.3, 0.4) is 0 Å². The minimum absolute atomic E-state index is 0.0590. The van der Waals surface area contributed by atoms with Crippen molar-refractivity contribution in [3.8, 4) is 0 Å². The highest BCUT2D eigenvalue weighted by Crippen LogP contribution is 2.43. The van der Waals surface area contributed by atoms with E-state index in [-0.39, 0.29) is 19.0 Å². The van der Waals surface area contributed by atoms with E-state index in [1.165, 1.54) is 13.2 Å². The summed E-state index contributed by atoms with van der Waals surface area (Å²) in [6.07, 6.45) is 1.64. The third kappa shape index (κ3) is 3.83. The fourth-order valence-corrected chi connectivity index (χ4v) is 3.69. The minimum Gasteiger partial charge on any atom is -0.463 e. The topological polar surface area (TPSA) is 65.0 Å². The first-order chi connectivity index (χ1) is 12.9. The fourth-order valence-electron chi connectivity index (χ4n) is 3.69. The zero-order chi connectivity index (χ0) is 19.6. The Bertz CT molecular complexity index is 831. The van der Waals surface area contributed by atoms with Crippen LogP contribution < -0.4 is 0 Å². The molecule has 1 aromatic rings. The summed E-state index contributed by atoms with van der Waals surface area (Å²) in [6, 6.07) is 3.46. The van der Waals surface area contributed by atoms with E-state index in [0.29, 0.717) is 41.8 Å². The van der Waals surface area contributed by atoms with Crippen molar-refractivity contribution in [3.63, 3.8) is 0 Å². The molecule has 1 aromatic carbocycles. The van der Waals surface area contributed by atoms with Crippen LogP contribution in [0.15, 0.2) is 34.5 Å². The van der Waals surface area contributed by atoms with Crippen molar-refractivity contribution in [3.05, 3.63) is 46.7 Å². The first-order valence-corrected chi connectivity index (χ1v) is 8.86. The zero-order valence-electron chi connectivity index (χ0n) is 15.3. The summed E-state index contributed by atoms with van der Waals surface area (Å²) in [5.41, 5.74) is 1.89. The van der Waals surface area contributed by atoms with E-state index in [1.54, 1.807) is 6.92 Å². The molecule has 0 saturated carbocycles. The number of esters is 1. The van der Waals surface area contributed by atoms with Crippen LogP contribution in [0.1, 0.15) is 37.7 Å². The number of carbonyl (C=O) groups is 2. The molecule has 5 nitrogen and oxygen atoms in total. The number of carbonyl (C=O) groups excluding carboxylic acids is 2. The molecule has 0 amide bonds. The van der Waals surface area contributed by atoms with Crippen molar-refractivity contribution in [1.29, 1.82) is 0 Å². The monoisotopic (exact) mass is 377 g/mol. The molecule has 7 heteroatoms. The largest absolute Gasteiger partial charge is 0.463 e. The number of hydrogen-bond acceptors (Lipinski definition) is 5. The Hall–Kier alpha value is -2.41. The van der Waals surface area contributed by atoms with E-state index in [9.17, 15) is 18.4 Å². The lowest BCUT2D eigenvalue weighted by Crippen LogP contribution is -2.37. The van der Waals surface area contributed by atoms with Crippen LogP contribution in [0.5, 0.6) is 0 Å². The molecule has 3 rings (SSSR count). The van der Waals surface area contributed by atoms with Crippen molar-refractivity contribution in [2.75, 3.05) is 20.3 Å². The lowest BCUT2D eigenvalue weighted by atomic mass is 9.72. The van der Waals surface area contributed by atoms with Crippen molar-refractivity contribution >= 4 is 17.5 Å². The molecule has 1 unspecified atom stereocenters. The van der Waals surface area contributed by atoms with E-state index in [2.05, 4.69) is 4.99 Å². The maximum absolute atomic E-state index is 13.9. The molecule has 0 aromatic heterocycles. The van der Waals surface area contributed by atoms with Crippen molar-refractivity contribution in [2.24, 2.45) is 10.9 Å². The van der Waals surface area contributed by atoms with Gasteiger partial charge in [0.15, 0.2) is 17.4 Å². The molecule has 1 heterocycles. The molecule has 1 aliphatic carbocycles. The smallest absolute Gasteiger partial charge is 0.315 e. The van der Waals surface area contributed by atoms with Gasteiger partial charge in [0.25, 0.3) is 0 Å². The second-order valence-electron chi connectivity index (χ2n) is 6.68. The van der Waals surface area contributed by atoms with Crippen LogP contribution in [0.2, 0.25) is 0 Å². The molecule has 0 radical (unpaired) electrons. The summed E-state index contributed by atoms with van der Waals surface area (Å²) < 4.78 is 37.5. The lowest BCUT2D eigenvalue weighted by Gasteiger charge is -2.34. The molecule has 27 heavy (non-hydrogen) atoms. The van der Waals surface area contributed by atoms with Gasteiger partial charge in [-0.2, -0.15) is 0 Å². The highest BCUT2D eigenvalue weighted by molar-refractivity contribution is 6.08. The third-order valence-electron chi connectivity index (χ3n) is 4.92. The number of allylic oxidation sites excluding steroid dienone is 2. The highest BCUT2D eigenvalue weighted by Gasteiger charge is 2.43. The number of rotatable bonds is 5. The Kier molecular flexibility index (Phi) is 5.79. The second kappa shape index (κ2) is 8.08. The van der Waals surface area contributed by atoms with Crippen LogP contribution in [0.25, 0.3) is 0 Å². The zero-order valence-corrected chi connectivity index (χ0v) is 15.3. The number of ketones is 1. The summed E-state index contributed by atoms with van der Waals surface area (Å²) >= 11 is 0. The van der Waals surface area contributed by atoms with Gasteiger partial charge in [0, 0.05) is 36.4 Å². The number of benzene rings is 1. The number of Topliss-reactive ketones (excluding diaryl/α,β-unsaturated/α-hetero) is 1. The number of aliphatic imine (C=N–C) groups is 1. The Morgan fingerprint density at radius 1 is 1.22 bits per heavy atom. The summed E-state index contributed by atoms with van der Waals surface area (Å²) in [4.78, 5) is 29.8. The van der Waals surface area contributed by atoms with Gasteiger partial charge in [0.05, 0.1) is 6.61 Å². The molecular weight excluding hydrogens is 356 g/mol. The third-order valence-corrected chi connectivity index (χ3v) is 4.92. The Labute approximate surface area is 156 Å². The summed E-state index contributed by atoms with van der Waals surface area (Å²) in [5.74, 6) is -4.29. The molecular formula is C20H21F2NO4. The number of nitrogens with zero attached hydrogens (tertiary/aromatic N) is 1. The van der Waals surface area contributed by atoms with Crippen LogP contribution in [0.4, 0.5) is 8.78 Å². The SMILES string of the molecule is COCCOC(=O)C1C(C)=NC2=C(C(=O)CCC2)[C@@H]1c1ccc(F)c(F)c1. The second-order valence-corrected chi connectivity index (χ2v) is 6.68. The van der Waals surface area contributed by atoms with Gasteiger partial charge in [-0.25, -0.2) is 8.78 Å². The minimum atomic E-state index is -1.02. The Balaban J connectivity index is 2.06. The lowest BCUT2D eigenvalue weighted by molar-refractivity contribution is -0.147. The van der Waals surface area contributed by atoms with Crippen molar-refractivity contribution < 1.29 is 27.8 Å². The molecule has 0 bridgehead atoms. The number of halogens is 2. The maximum Gasteiger partial charge on any atom is 0.315 e. The molecule has 1 aliphatic heterocycles. The summed E-state index contributed by atoms with van der Waals surface area (Å²) in [7, 11) is 1.49. The summed E-state index contributed by atoms with van der Waals surface area (Å²) in [5, 5.41) is 0. The van der Waals surface area contributed by atoms with E-state index in [0.717, 1.165) is 12.1 Å². The van der Waals surface area contributed by atoms with Gasteiger partial charge in [0.1, 0.15) is 12.5 Å². The van der Waals surface area contributed by atoms with E-state index < -0.39 is 29.4 Å². The first kappa shape index (κ1) is 19.4. The van der Waals surface area contributed by atoms with E-state index >= 15 is 0 Å². The van der Waals surface area contributed by atoms with Gasteiger partial charge in [0.2, 0.25) is 0 Å². The average Bonchev–Trinajstić information content (AvgIpc) is 2.63. The number of ether oxygens (including phenoxy) is 2. The molecule has 0 spiro atoms. The molecule has 0 N–H and O–H groups in total. The molecule has 0 fully saturated rings. The number of hydrogen-bond donors (Lipinski definition) is 0.